The second kappa shape index (κ2) is 9.38. The van der Waals surface area contributed by atoms with E-state index >= 15 is 0 Å². The molecule has 1 aliphatic heterocycles. The van der Waals surface area contributed by atoms with E-state index in [2.05, 4.69) is 27.0 Å². The number of amides is 2. The number of hydrogen-bond acceptors (Lipinski definition) is 6. The van der Waals surface area contributed by atoms with Gasteiger partial charge in [-0.2, -0.15) is 0 Å². The number of aromatic nitrogens is 4. The van der Waals surface area contributed by atoms with E-state index < -0.39 is 0 Å². The molecule has 0 atom stereocenters. The number of methoxy groups -OCH3 is 1. The predicted octanol–water partition coefficient (Wildman–Crippen LogP) is 3.36. The van der Waals surface area contributed by atoms with Crippen LogP contribution in [0.2, 0.25) is 0 Å². The molecule has 0 saturated carbocycles. The first-order valence-electron chi connectivity index (χ1n) is 11.4. The summed E-state index contributed by atoms with van der Waals surface area (Å²) in [5, 5.41) is 12.9. The predicted molar refractivity (Wildman–Crippen MR) is 132 cm³/mol. The number of carbonyl (C=O) groups excluding carboxylic acids is 1. The van der Waals surface area contributed by atoms with Gasteiger partial charge in [0.05, 0.1) is 12.6 Å². The quantitative estimate of drug-likeness (QED) is 0.463. The Kier molecular flexibility index (Phi) is 5.99. The second-order valence-electron chi connectivity index (χ2n) is 8.15. The first kappa shape index (κ1) is 21.7. The Morgan fingerprint density at radius 1 is 1.12 bits per heavy atom. The third-order valence-corrected chi connectivity index (χ3v) is 6.02. The lowest BCUT2D eigenvalue weighted by Crippen LogP contribution is -2.42. The van der Waals surface area contributed by atoms with Crippen LogP contribution in [-0.2, 0) is 0 Å². The molecule has 1 aliphatic rings. The lowest BCUT2D eigenvalue weighted by molar-refractivity contribution is 0.202. The Hall–Kier alpha value is -4.14. The van der Waals surface area contributed by atoms with Gasteiger partial charge in [-0.15, -0.1) is 16.8 Å². The lowest BCUT2D eigenvalue weighted by Gasteiger charge is -2.24. The van der Waals surface area contributed by atoms with E-state index in [-0.39, 0.29) is 6.03 Å². The first-order chi connectivity index (χ1) is 16.7. The van der Waals surface area contributed by atoms with Gasteiger partial charge in [-0.05, 0) is 30.7 Å². The number of para-hydroxylation sites is 1. The molecule has 34 heavy (non-hydrogen) atoms. The molecule has 1 fully saturated rings. The molecule has 3 heterocycles. The van der Waals surface area contributed by atoms with Crippen LogP contribution in [0.3, 0.4) is 0 Å². The van der Waals surface area contributed by atoms with E-state index in [4.69, 9.17) is 9.72 Å². The number of urea groups is 1. The van der Waals surface area contributed by atoms with Crippen molar-refractivity contribution in [1.82, 2.24) is 29.8 Å². The van der Waals surface area contributed by atoms with E-state index in [0.29, 0.717) is 32.0 Å². The Morgan fingerprint density at radius 2 is 2.00 bits per heavy atom. The summed E-state index contributed by atoms with van der Waals surface area (Å²) < 4.78 is 7.45. The third kappa shape index (κ3) is 4.00. The maximum absolute atomic E-state index is 12.5. The highest BCUT2D eigenvalue weighted by molar-refractivity contribution is 5.93. The fraction of sp³-hybridized carbons (Fsp3) is 0.280. The molecule has 0 unspecified atom stereocenters. The fourth-order valence-corrected chi connectivity index (χ4v) is 4.32. The van der Waals surface area contributed by atoms with Gasteiger partial charge in [0, 0.05) is 43.7 Å². The van der Waals surface area contributed by atoms with Crippen molar-refractivity contribution in [2.75, 3.05) is 44.7 Å². The van der Waals surface area contributed by atoms with Crippen molar-refractivity contribution >= 4 is 28.5 Å². The van der Waals surface area contributed by atoms with E-state index in [1.165, 1.54) is 0 Å². The molecule has 0 spiro atoms. The minimum absolute atomic E-state index is 0.0697. The highest BCUT2D eigenvalue weighted by Crippen LogP contribution is 2.30. The molecule has 2 aromatic carbocycles. The summed E-state index contributed by atoms with van der Waals surface area (Å²) in [6, 6.07) is 15.7. The molecule has 4 aromatic rings. The number of anilines is 1. The van der Waals surface area contributed by atoms with Gasteiger partial charge in [0.15, 0.2) is 11.5 Å². The molecule has 0 aliphatic carbocycles. The van der Waals surface area contributed by atoms with E-state index in [1.807, 2.05) is 57.8 Å². The maximum atomic E-state index is 12.5. The Balaban J connectivity index is 1.59. The topological polar surface area (TPSA) is 87.9 Å². The summed E-state index contributed by atoms with van der Waals surface area (Å²) in [5.41, 5.74) is 2.51. The van der Waals surface area contributed by atoms with Gasteiger partial charge in [0.2, 0.25) is 5.95 Å². The number of carbonyl (C=O) groups is 1. The highest BCUT2D eigenvalue weighted by Gasteiger charge is 2.24. The van der Waals surface area contributed by atoms with Crippen LogP contribution in [0, 0.1) is 0 Å². The fourth-order valence-electron chi connectivity index (χ4n) is 4.32. The lowest BCUT2D eigenvalue weighted by atomic mass is 10.2. The zero-order valence-corrected chi connectivity index (χ0v) is 19.1. The van der Waals surface area contributed by atoms with Crippen molar-refractivity contribution in [3.63, 3.8) is 0 Å². The third-order valence-electron chi connectivity index (χ3n) is 6.02. The summed E-state index contributed by atoms with van der Waals surface area (Å²) in [6.45, 7) is 6.81. The number of hydrogen-bond donors (Lipinski definition) is 1. The number of ether oxygens (including phenoxy) is 1. The standard InChI is InChI=1S/C25H27N7O2/c1-3-12-26-25(33)31-14-7-13-30(15-16-31)24-27-21-11-5-4-10-20(21)23-29-28-22(32(23)24)18-8-6-9-19(17-18)34-2/h3-6,8-11,17H,1,7,12-16H2,2H3,(H,26,33). The van der Waals surface area contributed by atoms with Crippen LogP contribution in [0.15, 0.2) is 61.2 Å². The van der Waals surface area contributed by atoms with Gasteiger partial charge >= 0.3 is 6.03 Å². The summed E-state index contributed by atoms with van der Waals surface area (Å²) in [5.74, 6) is 2.22. The molecule has 2 amide bonds. The van der Waals surface area contributed by atoms with Crippen molar-refractivity contribution in [3.8, 4) is 17.1 Å². The molecule has 5 rings (SSSR count). The van der Waals surface area contributed by atoms with Crippen LogP contribution in [-0.4, -0.2) is 70.3 Å². The molecule has 9 nitrogen and oxygen atoms in total. The van der Waals surface area contributed by atoms with Crippen LogP contribution in [0.25, 0.3) is 27.9 Å². The average Bonchev–Trinajstić information content (AvgIpc) is 3.18. The Labute approximate surface area is 197 Å². The molecule has 9 heteroatoms. The van der Waals surface area contributed by atoms with Gasteiger partial charge in [0.1, 0.15) is 5.75 Å². The largest absolute Gasteiger partial charge is 0.497 e. The molecule has 174 valence electrons. The molecule has 0 radical (unpaired) electrons. The average molecular weight is 458 g/mol. The Morgan fingerprint density at radius 3 is 2.85 bits per heavy atom. The number of rotatable bonds is 5. The van der Waals surface area contributed by atoms with Crippen molar-refractivity contribution in [1.29, 1.82) is 0 Å². The van der Waals surface area contributed by atoms with Gasteiger partial charge in [-0.25, -0.2) is 14.2 Å². The van der Waals surface area contributed by atoms with E-state index in [9.17, 15) is 4.79 Å². The van der Waals surface area contributed by atoms with Gasteiger partial charge in [-0.3, -0.25) is 0 Å². The molecule has 0 bridgehead atoms. The zero-order chi connectivity index (χ0) is 23.5. The van der Waals surface area contributed by atoms with Crippen molar-refractivity contribution in [2.45, 2.75) is 6.42 Å². The number of nitrogens with zero attached hydrogens (tertiary/aromatic N) is 6. The minimum Gasteiger partial charge on any atom is -0.497 e. The first-order valence-corrected chi connectivity index (χ1v) is 11.4. The van der Waals surface area contributed by atoms with Gasteiger partial charge in [0.25, 0.3) is 0 Å². The van der Waals surface area contributed by atoms with Crippen molar-refractivity contribution in [3.05, 3.63) is 61.2 Å². The second-order valence-corrected chi connectivity index (χ2v) is 8.15. The van der Waals surface area contributed by atoms with Gasteiger partial charge in [-0.1, -0.05) is 30.3 Å². The normalized spacial score (nSPS) is 14.3. The van der Waals surface area contributed by atoms with Crippen molar-refractivity contribution in [2.24, 2.45) is 0 Å². The summed E-state index contributed by atoms with van der Waals surface area (Å²) in [4.78, 5) is 21.6. The molecule has 1 saturated heterocycles. The Bertz CT molecular complexity index is 1350. The molecule has 1 N–H and O–H groups in total. The van der Waals surface area contributed by atoms with Crippen LogP contribution in [0.1, 0.15) is 6.42 Å². The SMILES string of the molecule is C=CCNC(=O)N1CCCN(c2nc3ccccc3c3nnc(-c4cccc(OC)c4)n23)CC1. The summed E-state index contributed by atoms with van der Waals surface area (Å²) in [6.07, 6.45) is 2.51. The minimum atomic E-state index is -0.0697. The summed E-state index contributed by atoms with van der Waals surface area (Å²) in [7, 11) is 1.65. The van der Waals surface area contributed by atoms with E-state index in [0.717, 1.165) is 46.8 Å². The number of nitrogens with one attached hydrogen (secondary N) is 1. The molecular weight excluding hydrogens is 430 g/mol. The van der Waals surface area contributed by atoms with Crippen LogP contribution < -0.4 is 15.0 Å². The van der Waals surface area contributed by atoms with Crippen LogP contribution in [0.4, 0.5) is 10.7 Å². The van der Waals surface area contributed by atoms with Gasteiger partial charge < -0.3 is 19.9 Å². The van der Waals surface area contributed by atoms with E-state index in [1.54, 1.807) is 13.2 Å². The van der Waals surface area contributed by atoms with Crippen LogP contribution >= 0.6 is 0 Å². The summed E-state index contributed by atoms with van der Waals surface area (Å²) >= 11 is 0. The monoisotopic (exact) mass is 457 g/mol. The highest BCUT2D eigenvalue weighted by atomic mass is 16.5. The smallest absolute Gasteiger partial charge is 0.317 e. The van der Waals surface area contributed by atoms with Crippen molar-refractivity contribution < 1.29 is 9.53 Å². The number of benzene rings is 2. The molecular formula is C25H27N7O2. The molecule has 2 aromatic heterocycles. The van der Waals surface area contributed by atoms with Crippen LogP contribution in [0.5, 0.6) is 5.75 Å². The maximum Gasteiger partial charge on any atom is 0.317 e. The number of fused-ring (bicyclic) bond motifs is 3. The zero-order valence-electron chi connectivity index (χ0n) is 19.1.